The Balaban J connectivity index is 1.26. The van der Waals surface area contributed by atoms with Crippen molar-refractivity contribution in [3.63, 3.8) is 0 Å². The summed E-state index contributed by atoms with van der Waals surface area (Å²) in [6.45, 7) is 3.00. The average molecular weight is 371 g/mol. The van der Waals surface area contributed by atoms with E-state index in [4.69, 9.17) is 9.47 Å². The highest BCUT2D eigenvalue weighted by Crippen LogP contribution is 2.26. The number of ether oxygens (including phenoxy) is 2. The summed E-state index contributed by atoms with van der Waals surface area (Å²) in [5, 5.41) is 4.73. The Bertz CT molecular complexity index is 964. The highest BCUT2D eigenvalue weighted by molar-refractivity contribution is 5.88. The van der Waals surface area contributed by atoms with Crippen LogP contribution in [0.4, 0.5) is 0 Å². The van der Waals surface area contributed by atoms with E-state index in [9.17, 15) is 0 Å². The van der Waals surface area contributed by atoms with Gasteiger partial charge < -0.3 is 9.47 Å². The maximum absolute atomic E-state index is 6.03. The van der Waals surface area contributed by atoms with Crippen LogP contribution in [0.3, 0.4) is 0 Å². The van der Waals surface area contributed by atoms with Crippen LogP contribution in [0, 0.1) is 0 Å². The Labute approximate surface area is 166 Å². The molecule has 0 saturated heterocycles. The van der Waals surface area contributed by atoms with Crippen LogP contribution >= 0.6 is 0 Å². The average Bonchev–Trinajstić information content (AvgIpc) is 2.74. The van der Waals surface area contributed by atoms with Crippen molar-refractivity contribution < 1.29 is 9.47 Å². The lowest BCUT2D eigenvalue weighted by molar-refractivity contribution is 0.204. The van der Waals surface area contributed by atoms with E-state index in [1.807, 2.05) is 36.4 Å². The Morgan fingerprint density at radius 2 is 1.00 bits per heavy atom. The minimum Gasteiger partial charge on any atom is -0.492 e. The summed E-state index contributed by atoms with van der Waals surface area (Å²) in [6.07, 6.45) is 0. The zero-order valence-electron chi connectivity index (χ0n) is 16.2. The molecule has 0 bridgehead atoms. The van der Waals surface area contributed by atoms with E-state index in [1.54, 1.807) is 0 Å². The molecule has 0 heterocycles. The SMILES string of the molecule is CN(CCOc1cccc2ccccc12)CCOc1cccc2ccccc12. The lowest BCUT2D eigenvalue weighted by Gasteiger charge is -2.18. The van der Waals surface area contributed by atoms with Gasteiger partial charge in [0.2, 0.25) is 0 Å². The molecule has 3 nitrogen and oxygen atoms in total. The van der Waals surface area contributed by atoms with Gasteiger partial charge in [-0.15, -0.1) is 0 Å². The summed E-state index contributed by atoms with van der Waals surface area (Å²) in [4.78, 5) is 2.23. The smallest absolute Gasteiger partial charge is 0.127 e. The molecule has 142 valence electrons. The Morgan fingerprint density at radius 1 is 0.571 bits per heavy atom. The molecule has 0 aromatic heterocycles. The van der Waals surface area contributed by atoms with E-state index in [0.29, 0.717) is 13.2 Å². The van der Waals surface area contributed by atoms with Gasteiger partial charge in [0, 0.05) is 23.9 Å². The van der Waals surface area contributed by atoms with Crippen LogP contribution in [0.2, 0.25) is 0 Å². The van der Waals surface area contributed by atoms with Gasteiger partial charge in [0.05, 0.1) is 0 Å². The van der Waals surface area contributed by atoms with Gasteiger partial charge in [-0.05, 0) is 30.0 Å². The van der Waals surface area contributed by atoms with Crippen molar-refractivity contribution in [2.75, 3.05) is 33.4 Å². The molecule has 0 atom stereocenters. The molecule has 3 heteroatoms. The highest BCUT2D eigenvalue weighted by atomic mass is 16.5. The summed E-state index contributed by atoms with van der Waals surface area (Å²) < 4.78 is 12.1. The maximum Gasteiger partial charge on any atom is 0.127 e. The molecule has 0 radical (unpaired) electrons. The topological polar surface area (TPSA) is 21.7 Å². The fourth-order valence-electron chi connectivity index (χ4n) is 3.38. The molecule has 0 saturated carbocycles. The van der Waals surface area contributed by atoms with Gasteiger partial charge >= 0.3 is 0 Å². The summed E-state index contributed by atoms with van der Waals surface area (Å²) in [5.74, 6) is 1.89. The number of hydrogen-bond donors (Lipinski definition) is 0. The largest absolute Gasteiger partial charge is 0.492 e. The standard InChI is InChI=1S/C25H25NO2/c1-26(16-18-27-24-14-6-10-20-8-2-4-12-22(20)24)17-19-28-25-15-7-11-21-9-3-5-13-23(21)25/h2-15H,16-19H2,1H3. The van der Waals surface area contributed by atoms with Gasteiger partial charge in [0.25, 0.3) is 0 Å². The predicted molar refractivity (Wildman–Crippen MR) is 116 cm³/mol. The van der Waals surface area contributed by atoms with E-state index >= 15 is 0 Å². The minimum atomic E-state index is 0.652. The van der Waals surface area contributed by atoms with Gasteiger partial charge in [-0.2, -0.15) is 0 Å². The molecule has 0 fully saturated rings. The third kappa shape index (κ3) is 4.26. The molecule has 0 aliphatic heterocycles. The number of nitrogens with zero attached hydrogens (tertiary/aromatic N) is 1. The van der Waals surface area contributed by atoms with Crippen LogP contribution in [-0.4, -0.2) is 38.3 Å². The van der Waals surface area contributed by atoms with E-state index in [2.05, 4.69) is 60.5 Å². The molecule has 0 amide bonds. The second-order valence-corrected chi connectivity index (χ2v) is 6.95. The molecule has 4 aromatic carbocycles. The van der Waals surface area contributed by atoms with Crippen LogP contribution in [0.5, 0.6) is 11.5 Å². The van der Waals surface area contributed by atoms with E-state index in [1.165, 1.54) is 10.8 Å². The number of likely N-dealkylation sites (N-methyl/N-ethyl adjacent to an activating group) is 1. The normalized spacial score (nSPS) is 11.2. The van der Waals surface area contributed by atoms with Gasteiger partial charge in [0.15, 0.2) is 0 Å². The highest BCUT2D eigenvalue weighted by Gasteiger charge is 2.05. The quantitative estimate of drug-likeness (QED) is 0.415. The van der Waals surface area contributed by atoms with Gasteiger partial charge in [-0.25, -0.2) is 0 Å². The fourth-order valence-corrected chi connectivity index (χ4v) is 3.38. The van der Waals surface area contributed by atoms with E-state index in [-0.39, 0.29) is 0 Å². The summed E-state index contributed by atoms with van der Waals surface area (Å²) in [7, 11) is 2.10. The van der Waals surface area contributed by atoms with Crippen molar-refractivity contribution in [2.45, 2.75) is 0 Å². The molecule has 4 aromatic rings. The first-order valence-corrected chi connectivity index (χ1v) is 9.71. The summed E-state index contributed by atoms with van der Waals surface area (Å²) in [6, 6.07) is 29.0. The summed E-state index contributed by atoms with van der Waals surface area (Å²) >= 11 is 0. The van der Waals surface area contributed by atoms with E-state index in [0.717, 1.165) is 35.4 Å². The second-order valence-electron chi connectivity index (χ2n) is 6.95. The van der Waals surface area contributed by atoms with Crippen molar-refractivity contribution in [3.05, 3.63) is 84.9 Å². The second kappa shape index (κ2) is 8.77. The molecule has 0 spiro atoms. The summed E-state index contributed by atoms with van der Waals surface area (Å²) in [5.41, 5.74) is 0. The molecule has 28 heavy (non-hydrogen) atoms. The molecule has 0 aliphatic carbocycles. The lowest BCUT2D eigenvalue weighted by atomic mass is 10.1. The maximum atomic E-state index is 6.03. The van der Waals surface area contributed by atoms with Crippen LogP contribution in [0.25, 0.3) is 21.5 Å². The Hall–Kier alpha value is -3.04. The first-order valence-electron chi connectivity index (χ1n) is 9.71. The molecular formula is C25H25NO2. The van der Waals surface area contributed by atoms with Crippen LogP contribution < -0.4 is 9.47 Å². The van der Waals surface area contributed by atoms with Gasteiger partial charge in [-0.1, -0.05) is 72.8 Å². The van der Waals surface area contributed by atoms with Crippen molar-refractivity contribution >= 4 is 21.5 Å². The predicted octanol–water partition coefficient (Wildman–Crippen LogP) is 5.38. The third-order valence-corrected chi connectivity index (χ3v) is 4.96. The van der Waals surface area contributed by atoms with E-state index < -0.39 is 0 Å². The Morgan fingerprint density at radius 3 is 1.50 bits per heavy atom. The third-order valence-electron chi connectivity index (χ3n) is 4.96. The number of fused-ring (bicyclic) bond motifs is 2. The monoisotopic (exact) mass is 371 g/mol. The lowest BCUT2D eigenvalue weighted by Crippen LogP contribution is -2.28. The molecular weight excluding hydrogens is 346 g/mol. The van der Waals surface area contributed by atoms with Crippen LogP contribution in [-0.2, 0) is 0 Å². The Kier molecular flexibility index (Phi) is 5.74. The van der Waals surface area contributed by atoms with Crippen molar-refractivity contribution in [1.82, 2.24) is 4.90 Å². The van der Waals surface area contributed by atoms with Crippen LogP contribution in [0.1, 0.15) is 0 Å². The first-order chi connectivity index (χ1) is 13.8. The van der Waals surface area contributed by atoms with Gasteiger partial charge in [-0.3, -0.25) is 4.90 Å². The van der Waals surface area contributed by atoms with Gasteiger partial charge in [0.1, 0.15) is 24.7 Å². The zero-order chi connectivity index (χ0) is 19.2. The first kappa shape index (κ1) is 18.3. The minimum absolute atomic E-state index is 0.652. The number of benzene rings is 4. The zero-order valence-corrected chi connectivity index (χ0v) is 16.2. The molecule has 0 unspecified atom stereocenters. The van der Waals surface area contributed by atoms with Crippen molar-refractivity contribution in [3.8, 4) is 11.5 Å². The molecule has 0 N–H and O–H groups in total. The molecule has 4 rings (SSSR count). The number of hydrogen-bond acceptors (Lipinski definition) is 3. The fraction of sp³-hybridized carbons (Fsp3) is 0.200. The van der Waals surface area contributed by atoms with Crippen molar-refractivity contribution in [1.29, 1.82) is 0 Å². The van der Waals surface area contributed by atoms with Crippen LogP contribution in [0.15, 0.2) is 84.9 Å². The van der Waals surface area contributed by atoms with Crippen molar-refractivity contribution in [2.24, 2.45) is 0 Å². The molecule has 0 aliphatic rings. The number of rotatable bonds is 8.